The van der Waals surface area contributed by atoms with E-state index in [-0.39, 0.29) is 17.8 Å². The van der Waals surface area contributed by atoms with Crippen LogP contribution >= 0.6 is 11.3 Å². The van der Waals surface area contributed by atoms with Crippen LogP contribution < -0.4 is 4.74 Å². The van der Waals surface area contributed by atoms with Gasteiger partial charge in [0.1, 0.15) is 11.6 Å². The van der Waals surface area contributed by atoms with E-state index >= 15 is 0 Å². The van der Waals surface area contributed by atoms with E-state index in [0.717, 1.165) is 16.2 Å². The number of amides is 1. The number of methoxy groups -OCH3 is 1. The average molecular weight is 454 g/mol. The number of fused-ring (bicyclic) bond motifs is 1. The predicted molar refractivity (Wildman–Crippen MR) is 118 cm³/mol. The molecule has 0 bridgehead atoms. The Bertz CT molecular complexity index is 1240. The Hall–Kier alpha value is -3.37. The van der Waals surface area contributed by atoms with Crippen molar-refractivity contribution in [2.75, 3.05) is 33.3 Å². The number of thiazole rings is 1. The van der Waals surface area contributed by atoms with Crippen molar-refractivity contribution >= 4 is 22.2 Å². The number of carbonyl (C=O) groups excluding carboxylic acids is 1. The lowest BCUT2D eigenvalue weighted by Gasteiger charge is -2.38. The highest BCUT2D eigenvalue weighted by Crippen LogP contribution is 2.41. The van der Waals surface area contributed by atoms with Crippen LogP contribution in [0.5, 0.6) is 11.6 Å². The summed E-state index contributed by atoms with van der Waals surface area (Å²) in [6, 6.07) is 11.0. The molecule has 1 N–H and O–H groups in total. The van der Waals surface area contributed by atoms with Crippen molar-refractivity contribution in [3.05, 3.63) is 64.7 Å². The molecule has 1 atom stereocenters. The number of hydrogen-bond acceptors (Lipinski definition) is 8. The minimum Gasteiger partial charge on any atom is -0.497 e. The second-order valence-corrected chi connectivity index (χ2v) is 8.64. The summed E-state index contributed by atoms with van der Waals surface area (Å²) in [5.74, 6) is 1.69. The number of aromatic nitrogens is 3. The van der Waals surface area contributed by atoms with Gasteiger partial charge in [-0.1, -0.05) is 23.5 Å². The zero-order valence-electron chi connectivity index (χ0n) is 17.8. The van der Waals surface area contributed by atoms with Crippen molar-refractivity contribution in [3.63, 3.8) is 0 Å². The maximum atomic E-state index is 12.7. The number of nitrogens with zero attached hydrogens (tertiary/aromatic N) is 5. The normalized spacial score (nSPS) is 15.9. The first-order chi connectivity index (χ1) is 15.5. The smallest absolute Gasteiger partial charge is 0.289 e. The van der Waals surface area contributed by atoms with Crippen LogP contribution in [0.15, 0.2) is 47.1 Å². The summed E-state index contributed by atoms with van der Waals surface area (Å²) >= 11 is 1.42. The van der Waals surface area contributed by atoms with Gasteiger partial charge in [-0.3, -0.25) is 9.69 Å². The van der Waals surface area contributed by atoms with Gasteiger partial charge in [0, 0.05) is 26.2 Å². The molecule has 0 radical (unpaired) electrons. The molecule has 1 aromatic carbocycles. The maximum absolute atomic E-state index is 12.7. The summed E-state index contributed by atoms with van der Waals surface area (Å²) in [5.41, 5.74) is 0.992. The molecule has 1 aliphatic rings. The van der Waals surface area contributed by atoms with E-state index < -0.39 is 0 Å². The molecule has 3 aromatic heterocycles. The second kappa shape index (κ2) is 8.29. The van der Waals surface area contributed by atoms with E-state index in [4.69, 9.17) is 9.15 Å². The number of piperazine rings is 1. The van der Waals surface area contributed by atoms with Crippen LogP contribution in [-0.4, -0.2) is 68.7 Å². The van der Waals surface area contributed by atoms with Crippen molar-refractivity contribution in [3.8, 4) is 11.6 Å². The lowest BCUT2D eigenvalue weighted by Crippen LogP contribution is -2.49. The summed E-state index contributed by atoms with van der Waals surface area (Å²) in [4.78, 5) is 22.6. The van der Waals surface area contributed by atoms with Gasteiger partial charge in [0.15, 0.2) is 5.76 Å². The van der Waals surface area contributed by atoms with Gasteiger partial charge in [0.05, 0.1) is 24.3 Å². The highest BCUT2D eigenvalue weighted by atomic mass is 32.1. The van der Waals surface area contributed by atoms with Crippen LogP contribution in [0.2, 0.25) is 0 Å². The van der Waals surface area contributed by atoms with Crippen LogP contribution in [0.25, 0.3) is 4.96 Å². The summed E-state index contributed by atoms with van der Waals surface area (Å²) in [7, 11) is 1.64. The number of rotatable bonds is 5. The quantitative estimate of drug-likeness (QED) is 0.496. The van der Waals surface area contributed by atoms with E-state index in [2.05, 4.69) is 15.0 Å². The van der Waals surface area contributed by atoms with E-state index in [1.165, 1.54) is 22.1 Å². The van der Waals surface area contributed by atoms with Crippen molar-refractivity contribution in [2.45, 2.75) is 13.0 Å². The molecule has 1 fully saturated rings. The van der Waals surface area contributed by atoms with Crippen LogP contribution in [-0.2, 0) is 0 Å². The molecule has 9 nitrogen and oxygen atoms in total. The van der Waals surface area contributed by atoms with Crippen LogP contribution in [0.4, 0.5) is 0 Å². The number of carbonyl (C=O) groups is 1. The first kappa shape index (κ1) is 20.5. The number of hydrogen-bond donors (Lipinski definition) is 1. The molecule has 4 aromatic rings. The summed E-state index contributed by atoms with van der Waals surface area (Å²) in [6.07, 6.45) is 1.51. The molecule has 5 rings (SSSR count). The molecule has 1 saturated heterocycles. The monoisotopic (exact) mass is 453 g/mol. The van der Waals surface area contributed by atoms with E-state index in [1.54, 1.807) is 31.1 Å². The molecular weight excluding hydrogens is 430 g/mol. The van der Waals surface area contributed by atoms with Gasteiger partial charge in [-0.15, -0.1) is 5.10 Å². The van der Waals surface area contributed by atoms with Crippen LogP contribution in [0, 0.1) is 6.92 Å². The second-order valence-electron chi connectivity index (χ2n) is 7.63. The van der Waals surface area contributed by atoms with Crippen molar-refractivity contribution in [1.82, 2.24) is 24.4 Å². The third-order valence-electron chi connectivity index (χ3n) is 5.66. The van der Waals surface area contributed by atoms with Gasteiger partial charge < -0.3 is 19.2 Å². The number of benzene rings is 1. The van der Waals surface area contributed by atoms with E-state index in [1.807, 2.05) is 24.3 Å². The Balaban J connectivity index is 1.47. The first-order valence-corrected chi connectivity index (χ1v) is 11.1. The fourth-order valence-electron chi connectivity index (χ4n) is 4.11. The third kappa shape index (κ3) is 3.61. The highest BCUT2D eigenvalue weighted by molar-refractivity contribution is 7.17. The summed E-state index contributed by atoms with van der Waals surface area (Å²) in [6.45, 7) is 4.19. The van der Waals surface area contributed by atoms with Crippen LogP contribution in [0.3, 0.4) is 0 Å². The zero-order chi connectivity index (χ0) is 22.2. The lowest BCUT2D eigenvalue weighted by molar-refractivity contribution is 0.0568. The highest BCUT2D eigenvalue weighted by Gasteiger charge is 2.33. The molecule has 0 spiro atoms. The zero-order valence-corrected chi connectivity index (χ0v) is 18.6. The Labute approximate surface area is 188 Å². The molecule has 166 valence electrons. The fraction of sp³-hybridized carbons (Fsp3) is 0.318. The summed E-state index contributed by atoms with van der Waals surface area (Å²) < 4.78 is 12.2. The van der Waals surface area contributed by atoms with Crippen molar-refractivity contribution in [2.24, 2.45) is 0 Å². The molecule has 0 saturated carbocycles. The first-order valence-electron chi connectivity index (χ1n) is 10.3. The van der Waals surface area contributed by atoms with Gasteiger partial charge in [0.25, 0.3) is 5.91 Å². The van der Waals surface area contributed by atoms with Gasteiger partial charge in [0.2, 0.25) is 10.8 Å². The van der Waals surface area contributed by atoms with E-state index in [9.17, 15) is 9.90 Å². The molecule has 0 aliphatic carbocycles. The minimum absolute atomic E-state index is 0.0903. The molecule has 32 heavy (non-hydrogen) atoms. The van der Waals surface area contributed by atoms with Crippen LogP contribution in [0.1, 0.15) is 32.9 Å². The van der Waals surface area contributed by atoms with E-state index in [0.29, 0.717) is 42.7 Å². The Morgan fingerprint density at radius 2 is 2.03 bits per heavy atom. The number of furan rings is 1. The predicted octanol–water partition coefficient (Wildman–Crippen LogP) is 2.95. The SMILES string of the molecule is COc1cccc([C@@H](c2sc3nc(C)nn3c2O)N2CCN(C(=O)c3ccco3)CC2)c1. The number of ether oxygens (including phenoxy) is 1. The number of aryl methyl sites for hydroxylation is 1. The molecule has 0 unspecified atom stereocenters. The molecule has 4 heterocycles. The Kier molecular flexibility index (Phi) is 5.32. The molecule has 10 heteroatoms. The van der Waals surface area contributed by atoms with Crippen molar-refractivity contribution < 1.29 is 19.1 Å². The fourth-order valence-corrected chi connectivity index (χ4v) is 5.27. The topological polar surface area (TPSA) is 96.3 Å². The molecule has 1 aliphatic heterocycles. The lowest BCUT2D eigenvalue weighted by atomic mass is 10.0. The summed E-state index contributed by atoms with van der Waals surface area (Å²) in [5, 5.41) is 15.3. The molecular formula is C22H23N5O4S. The standard InChI is InChI=1S/C22H23N5O4S/c1-14-23-22-27(24-14)21(29)19(32-22)18(15-5-3-6-16(13-15)30-2)25-8-10-26(11-9-25)20(28)17-7-4-12-31-17/h3-7,12-13,18,29H,8-11H2,1-2H3/t18-/m0/s1. The van der Waals surface area contributed by atoms with Gasteiger partial charge >= 0.3 is 0 Å². The van der Waals surface area contributed by atoms with Gasteiger partial charge in [-0.2, -0.15) is 4.52 Å². The van der Waals surface area contributed by atoms with Crippen molar-refractivity contribution in [1.29, 1.82) is 0 Å². The maximum Gasteiger partial charge on any atom is 0.289 e. The third-order valence-corrected chi connectivity index (χ3v) is 6.73. The number of aromatic hydroxyl groups is 1. The Morgan fingerprint density at radius 3 is 2.72 bits per heavy atom. The largest absolute Gasteiger partial charge is 0.497 e. The average Bonchev–Trinajstić information content (AvgIpc) is 3.53. The Morgan fingerprint density at radius 1 is 1.22 bits per heavy atom. The van der Waals surface area contributed by atoms with Gasteiger partial charge in [-0.05, 0) is 36.8 Å². The molecule has 1 amide bonds. The van der Waals surface area contributed by atoms with Gasteiger partial charge in [-0.25, -0.2) is 4.98 Å². The minimum atomic E-state index is -0.222.